The Morgan fingerprint density at radius 1 is 1.33 bits per heavy atom. The highest BCUT2D eigenvalue weighted by atomic mass is 16.3. The topological polar surface area (TPSA) is 48.9 Å². The summed E-state index contributed by atoms with van der Waals surface area (Å²) in [5.74, 6) is 0.867. The Kier molecular flexibility index (Phi) is 1.31. The zero-order chi connectivity index (χ0) is 9.26. The molecule has 0 radical (unpaired) electrons. The van der Waals surface area contributed by atoms with Crippen LogP contribution >= 0.6 is 0 Å². The molecular weight excluding hydrogens is 152 g/mol. The third-order valence-electron chi connectivity index (χ3n) is 1.59. The van der Waals surface area contributed by atoms with E-state index in [4.69, 9.17) is 6.48 Å². The van der Waals surface area contributed by atoms with Gasteiger partial charge in [-0.25, -0.2) is 4.98 Å². The van der Waals surface area contributed by atoms with Crippen LogP contribution < -0.4 is 0 Å². The van der Waals surface area contributed by atoms with Crippen molar-refractivity contribution in [3.8, 4) is 17.1 Å². The monoisotopic (exact) mass is 161 g/mol. The van der Waals surface area contributed by atoms with E-state index in [-0.39, 0.29) is 11.9 Å². The van der Waals surface area contributed by atoms with Gasteiger partial charge >= 0.3 is 0 Å². The number of rotatable bonds is 1. The van der Waals surface area contributed by atoms with Gasteiger partial charge in [0.05, 0.1) is 1.37 Å². The number of nitrogens with one attached hydrogen (secondary N) is 1. The Labute approximate surface area is 71.1 Å². The van der Waals surface area contributed by atoms with Crippen molar-refractivity contribution < 1.29 is 6.48 Å². The largest absolute Gasteiger partial charge is 0.508 e. The van der Waals surface area contributed by atoms with Crippen LogP contribution in [0.5, 0.6) is 5.75 Å². The maximum Gasteiger partial charge on any atom is 0.137 e. The van der Waals surface area contributed by atoms with Crippen LogP contribution in [-0.4, -0.2) is 15.1 Å². The van der Waals surface area contributed by atoms with Gasteiger partial charge in [-0.3, -0.25) is 0 Å². The Hall–Kier alpha value is -1.77. The number of nitrogens with zero attached hydrogens (tertiary/aromatic N) is 1. The van der Waals surface area contributed by atoms with E-state index in [2.05, 4.69) is 9.97 Å². The fourth-order valence-corrected chi connectivity index (χ4v) is 0.997. The van der Waals surface area contributed by atoms with E-state index >= 15 is 0 Å². The Balaban J connectivity index is 2.41. The molecule has 1 aromatic heterocycles. The number of benzene rings is 1. The maximum absolute atomic E-state index is 9.04. The van der Waals surface area contributed by atoms with Crippen LogP contribution in [0.4, 0.5) is 0 Å². The van der Waals surface area contributed by atoms with E-state index in [1.54, 1.807) is 24.3 Å². The summed E-state index contributed by atoms with van der Waals surface area (Å²) >= 11 is 0. The number of imidazole rings is 1. The van der Waals surface area contributed by atoms with Crippen molar-refractivity contribution in [1.82, 2.24) is 9.97 Å². The number of phenolic OH excluding ortho intramolecular Hbond substituents is 1. The molecule has 0 unspecified atom stereocenters. The van der Waals surface area contributed by atoms with Crippen molar-refractivity contribution in [2.45, 2.75) is 0 Å². The smallest absolute Gasteiger partial charge is 0.137 e. The molecule has 0 bridgehead atoms. The Bertz CT molecular complexity index is 408. The van der Waals surface area contributed by atoms with Gasteiger partial charge in [-0.15, -0.1) is 0 Å². The molecule has 60 valence electrons. The number of aromatic amines is 1. The van der Waals surface area contributed by atoms with Crippen LogP contribution in [0, 0.1) is 0 Å². The molecule has 3 heteroatoms. The molecule has 3 nitrogen and oxygen atoms in total. The van der Waals surface area contributed by atoms with Gasteiger partial charge in [0.2, 0.25) is 0 Å². The molecule has 0 amide bonds. The number of hydrogen-bond acceptors (Lipinski definition) is 2. The summed E-state index contributed by atoms with van der Waals surface area (Å²) in [5, 5.41) is 9.04. The lowest BCUT2D eigenvalue weighted by atomic mass is 10.2. The summed E-state index contributed by atoms with van der Waals surface area (Å²) < 4.78 is 7.22. The van der Waals surface area contributed by atoms with Crippen LogP contribution in [0.15, 0.2) is 36.6 Å². The van der Waals surface area contributed by atoms with Crippen LogP contribution in [0.25, 0.3) is 11.4 Å². The minimum absolute atomic E-state index is 0.211. The predicted molar refractivity (Wildman–Crippen MR) is 45.7 cm³/mol. The lowest BCUT2D eigenvalue weighted by Gasteiger charge is -1.95. The number of aromatic nitrogens is 2. The van der Waals surface area contributed by atoms with E-state index in [0.29, 0.717) is 5.82 Å². The van der Waals surface area contributed by atoms with Gasteiger partial charge in [-0.1, -0.05) is 0 Å². The molecular formula is C9H8N2O. The van der Waals surface area contributed by atoms with Gasteiger partial charge in [-0.2, -0.15) is 0 Å². The lowest BCUT2D eigenvalue weighted by molar-refractivity contribution is 0.475. The summed E-state index contributed by atoms with van der Waals surface area (Å²) in [6.07, 6.45) is 1.73. The molecule has 1 heterocycles. The number of H-pyrrole nitrogens is 1. The molecule has 0 saturated heterocycles. The first kappa shape index (κ1) is 5.83. The molecule has 0 saturated carbocycles. The van der Waals surface area contributed by atoms with Crippen molar-refractivity contribution in [3.05, 3.63) is 36.6 Å². The summed E-state index contributed by atoms with van der Waals surface area (Å²) in [5.41, 5.74) is 0.858. The van der Waals surface area contributed by atoms with Crippen molar-refractivity contribution in [2.75, 3.05) is 0 Å². The fourth-order valence-electron chi connectivity index (χ4n) is 0.997. The van der Waals surface area contributed by atoms with Gasteiger partial charge in [-0.05, 0) is 24.3 Å². The standard InChI is InChI=1S/C9H8N2O/c12-8-3-1-7(2-4-8)9-10-5-6-11-9/h1-6,12H,(H,10,11)/i5D. The van der Waals surface area contributed by atoms with Gasteiger partial charge in [0.15, 0.2) is 0 Å². The normalized spacial score (nSPS) is 11.2. The zero-order valence-corrected chi connectivity index (χ0v) is 6.28. The van der Waals surface area contributed by atoms with Crippen LogP contribution in [-0.2, 0) is 0 Å². The number of aromatic hydroxyl groups is 1. The van der Waals surface area contributed by atoms with Crippen molar-refractivity contribution in [3.63, 3.8) is 0 Å². The summed E-state index contributed by atoms with van der Waals surface area (Å²) in [4.78, 5) is 6.80. The molecule has 2 N–H and O–H groups in total. The van der Waals surface area contributed by atoms with E-state index < -0.39 is 0 Å². The highest BCUT2D eigenvalue weighted by molar-refractivity contribution is 5.55. The maximum atomic E-state index is 9.04. The quantitative estimate of drug-likeness (QED) is 0.669. The van der Waals surface area contributed by atoms with Crippen molar-refractivity contribution in [1.29, 1.82) is 0 Å². The lowest BCUT2D eigenvalue weighted by Crippen LogP contribution is -1.78. The summed E-state index contributed by atoms with van der Waals surface area (Å²) in [6.45, 7) is 0. The Morgan fingerprint density at radius 3 is 2.67 bits per heavy atom. The molecule has 0 aliphatic carbocycles. The Morgan fingerprint density at radius 2 is 2.08 bits per heavy atom. The minimum atomic E-state index is 0.211. The number of phenols is 1. The average molecular weight is 161 g/mol. The molecule has 0 atom stereocenters. The van der Waals surface area contributed by atoms with Gasteiger partial charge in [0, 0.05) is 17.9 Å². The first-order valence-electron chi connectivity index (χ1n) is 4.07. The molecule has 0 spiro atoms. The molecule has 0 aliphatic rings. The molecule has 0 aliphatic heterocycles. The molecule has 0 fully saturated rings. The van der Waals surface area contributed by atoms with E-state index in [0.717, 1.165) is 5.56 Å². The highest BCUT2D eigenvalue weighted by Crippen LogP contribution is 2.17. The zero-order valence-electron chi connectivity index (χ0n) is 7.28. The molecule has 2 rings (SSSR count). The highest BCUT2D eigenvalue weighted by Gasteiger charge is 1.97. The molecule has 12 heavy (non-hydrogen) atoms. The van der Waals surface area contributed by atoms with Crippen molar-refractivity contribution in [2.24, 2.45) is 0 Å². The number of hydrogen-bond donors (Lipinski definition) is 2. The molecule has 2 aromatic rings. The van der Waals surface area contributed by atoms with Crippen LogP contribution in [0.1, 0.15) is 1.37 Å². The second-order valence-corrected chi connectivity index (χ2v) is 2.43. The van der Waals surface area contributed by atoms with Gasteiger partial charge in [0.25, 0.3) is 0 Å². The second kappa shape index (κ2) is 2.70. The van der Waals surface area contributed by atoms with Gasteiger partial charge < -0.3 is 10.1 Å². The summed E-state index contributed by atoms with van der Waals surface area (Å²) in [6, 6.07) is 6.66. The van der Waals surface area contributed by atoms with E-state index in [1.165, 1.54) is 6.20 Å². The average Bonchev–Trinajstić information content (AvgIpc) is 2.53. The summed E-state index contributed by atoms with van der Waals surface area (Å²) in [7, 11) is 0. The van der Waals surface area contributed by atoms with Crippen LogP contribution in [0.3, 0.4) is 0 Å². The van der Waals surface area contributed by atoms with Crippen molar-refractivity contribution >= 4 is 0 Å². The van der Waals surface area contributed by atoms with Crippen LogP contribution in [0.2, 0.25) is 0 Å². The predicted octanol–water partition coefficient (Wildman–Crippen LogP) is 1.78. The third kappa shape index (κ3) is 1.16. The SMILES string of the molecule is [2H]c1c[nH]c(-c2ccc(O)cc2)n1. The molecule has 1 aromatic carbocycles. The van der Waals surface area contributed by atoms with E-state index in [9.17, 15) is 0 Å². The second-order valence-electron chi connectivity index (χ2n) is 2.43. The third-order valence-corrected chi connectivity index (χ3v) is 1.59. The van der Waals surface area contributed by atoms with Gasteiger partial charge in [0.1, 0.15) is 11.6 Å². The fraction of sp³-hybridized carbons (Fsp3) is 0. The first-order valence-corrected chi connectivity index (χ1v) is 3.57. The first-order chi connectivity index (χ1) is 6.25. The van der Waals surface area contributed by atoms with E-state index in [1.807, 2.05) is 0 Å². The minimum Gasteiger partial charge on any atom is -0.508 e.